The van der Waals surface area contributed by atoms with E-state index in [1.807, 2.05) is 43.0 Å². The van der Waals surface area contributed by atoms with Crippen LogP contribution in [0.3, 0.4) is 0 Å². The summed E-state index contributed by atoms with van der Waals surface area (Å²) in [6.07, 6.45) is 0.861. The van der Waals surface area contributed by atoms with E-state index in [9.17, 15) is 9.59 Å². The van der Waals surface area contributed by atoms with Crippen LogP contribution in [0.4, 0.5) is 10.5 Å². The number of ether oxygens (including phenoxy) is 2. The maximum absolute atomic E-state index is 13.1. The quantitative estimate of drug-likeness (QED) is 0.617. The van der Waals surface area contributed by atoms with E-state index in [0.717, 1.165) is 24.1 Å². The smallest absolute Gasteiger partial charge is 0.409 e. The molecule has 2 aliphatic heterocycles. The molecule has 2 aromatic rings. The Hall–Kier alpha value is -2.77. The zero-order valence-corrected chi connectivity index (χ0v) is 19.8. The highest BCUT2D eigenvalue weighted by molar-refractivity contribution is 6.30. The number of carbonyl (C=O) groups excluding carboxylic acids is 2. The van der Waals surface area contributed by atoms with E-state index in [4.69, 9.17) is 21.1 Å². The lowest BCUT2D eigenvalue weighted by atomic mass is 9.94. The van der Waals surface area contributed by atoms with Crippen LogP contribution in [0.5, 0.6) is 5.75 Å². The first-order valence-electron chi connectivity index (χ1n) is 11.4. The maximum Gasteiger partial charge on any atom is 0.409 e. The van der Waals surface area contributed by atoms with Crippen molar-refractivity contribution >= 4 is 29.3 Å². The molecule has 0 spiro atoms. The number of halogens is 1. The third-order valence-electron chi connectivity index (χ3n) is 6.25. The monoisotopic (exact) mass is 471 g/mol. The lowest BCUT2D eigenvalue weighted by Crippen LogP contribution is -2.71. The average molecular weight is 472 g/mol. The Morgan fingerprint density at radius 3 is 2.48 bits per heavy atom. The van der Waals surface area contributed by atoms with E-state index in [0.29, 0.717) is 37.0 Å². The Bertz CT molecular complexity index is 976. The molecule has 0 aromatic heterocycles. The summed E-state index contributed by atoms with van der Waals surface area (Å²) in [6, 6.07) is 15.1. The first-order chi connectivity index (χ1) is 16.0. The van der Waals surface area contributed by atoms with Gasteiger partial charge >= 0.3 is 6.09 Å². The molecule has 2 heterocycles. The van der Waals surface area contributed by atoms with Crippen LogP contribution in [0.15, 0.2) is 48.5 Å². The van der Waals surface area contributed by atoms with Crippen molar-refractivity contribution < 1.29 is 19.1 Å². The molecule has 2 aromatic carbocycles. The van der Waals surface area contributed by atoms with Crippen molar-refractivity contribution in [1.82, 2.24) is 10.2 Å². The minimum atomic E-state index is -0.571. The molecule has 1 N–H and O–H groups in total. The maximum atomic E-state index is 13.1. The SMILES string of the molecule is CCOC(=O)N1CCC(NCC2C(Oc3ccc(Cl)cc3)C(=O)N2c2ccccc2C)CC1. The summed E-state index contributed by atoms with van der Waals surface area (Å²) < 4.78 is 11.2. The zero-order chi connectivity index (χ0) is 23.4. The van der Waals surface area contributed by atoms with Crippen molar-refractivity contribution in [1.29, 1.82) is 0 Å². The second-order valence-corrected chi connectivity index (χ2v) is 8.86. The Labute approximate surface area is 199 Å². The van der Waals surface area contributed by atoms with Gasteiger partial charge in [-0.3, -0.25) is 4.79 Å². The van der Waals surface area contributed by atoms with Crippen molar-refractivity contribution in [2.75, 3.05) is 31.1 Å². The molecule has 4 rings (SSSR count). The lowest BCUT2D eigenvalue weighted by Gasteiger charge is -2.47. The summed E-state index contributed by atoms with van der Waals surface area (Å²) in [5, 5.41) is 4.23. The molecule has 2 unspecified atom stereocenters. The number of benzene rings is 2. The molecule has 2 atom stereocenters. The third kappa shape index (κ3) is 5.25. The predicted octanol–water partition coefficient (Wildman–Crippen LogP) is 4.02. The van der Waals surface area contributed by atoms with E-state index in [1.54, 1.807) is 29.2 Å². The molecule has 33 heavy (non-hydrogen) atoms. The van der Waals surface area contributed by atoms with Gasteiger partial charge in [0.05, 0.1) is 12.6 Å². The second kappa shape index (κ2) is 10.4. The molecule has 2 saturated heterocycles. The van der Waals surface area contributed by atoms with E-state index < -0.39 is 6.10 Å². The van der Waals surface area contributed by atoms with Gasteiger partial charge in [-0.1, -0.05) is 29.8 Å². The Morgan fingerprint density at radius 2 is 1.82 bits per heavy atom. The fourth-order valence-corrected chi connectivity index (χ4v) is 4.53. The third-order valence-corrected chi connectivity index (χ3v) is 6.50. The molecule has 0 aliphatic carbocycles. The van der Waals surface area contributed by atoms with Crippen LogP contribution in [0, 0.1) is 6.92 Å². The molecule has 7 nitrogen and oxygen atoms in total. The Morgan fingerprint density at radius 1 is 1.12 bits per heavy atom. The van der Waals surface area contributed by atoms with Gasteiger partial charge < -0.3 is 24.6 Å². The van der Waals surface area contributed by atoms with E-state index in [1.165, 1.54) is 0 Å². The summed E-state index contributed by atoms with van der Waals surface area (Å²) in [4.78, 5) is 28.6. The average Bonchev–Trinajstić information content (AvgIpc) is 2.82. The Kier molecular flexibility index (Phi) is 7.40. The largest absolute Gasteiger partial charge is 0.478 e. The van der Waals surface area contributed by atoms with Gasteiger partial charge in [0.1, 0.15) is 5.75 Å². The molecule has 0 bridgehead atoms. The summed E-state index contributed by atoms with van der Waals surface area (Å²) >= 11 is 5.98. The molecular formula is C25H30ClN3O4. The number of carbonyl (C=O) groups is 2. The molecule has 0 saturated carbocycles. The summed E-state index contributed by atoms with van der Waals surface area (Å²) in [7, 11) is 0. The van der Waals surface area contributed by atoms with Gasteiger partial charge in [0.15, 0.2) is 6.10 Å². The minimum absolute atomic E-state index is 0.0526. The first-order valence-corrected chi connectivity index (χ1v) is 11.8. The van der Waals surface area contributed by atoms with E-state index in [2.05, 4.69) is 5.32 Å². The van der Waals surface area contributed by atoms with Gasteiger partial charge in [-0.05, 0) is 62.6 Å². The fraction of sp³-hybridized carbons (Fsp3) is 0.440. The highest BCUT2D eigenvalue weighted by Gasteiger charge is 2.50. The summed E-state index contributed by atoms with van der Waals surface area (Å²) in [5.41, 5.74) is 1.95. The van der Waals surface area contributed by atoms with Crippen molar-refractivity contribution in [2.24, 2.45) is 0 Å². The van der Waals surface area contributed by atoms with Crippen LogP contribution < -0.4 is 15.0 Å². The van der Waals surface area contributed by atoms with Crippen LogP contribution in [0.2, 0.25) is 5.02 Å². The van der Waals surface area contributed by atoms with Crippen LogP contribution in [-0.2, 0) is 9.53 Å². The number of aryl methyl sites for hydroxylation is 1. The highest BCUT2D eigenvalue weighted by Crippen LogP contribution is 2.33. The van der Waals surface area contributed by atoms with E-state index >= 15 is 0 Å². The molecule has 8 heteroatoms. The summed E-state index contributed by atoms with van der Waals surface area (Å²) in [5.74, 6) is 0.568. The number of rotatable bonds is 7. The first kappa shape index (κ1) is 23.4. The zero-order valence-electron chi connectivity index (χ0n) is 19.0. The topological polar surface area (TPSA) is 71.1 Å². The number of piperidine rings is 1. The number of amides is 2. The second-order valence-electron chi connectivity index (χ2n) is 8.42. The standard InChI is InChI=1S/C25H30ClN3O4/c1-3-32-25(31)28-14-12-19(13-15-28)27-16-22-23(33-20-10-8-18(26)9-11-20)24(30)29(22)21-7-5-4-6-17(21)2/h4-11,19,22-23,27H,3,12-16H2,1-2H3. The number of hydrogen-bond donors (Lipinski definition) is 1. The number of nitrogens with zero attached hydrogens (tertiary/aromatic N) is 2. The minimum Gasteiger partial charge on any atom is -0.478 e. The molecule has 2 fully saturated rings. The van der Waals surface area contributed by atoms with Gasteiger partial charge in [0.25, 0.3) is 5.91 Å². The van der Waals surface area contributed by atoms with Crippen molar-refractivity contribution in [3.63, 3.8) is 0 Å². The van der Waals surface area contributed by atoms with E-state index in [-0.39, 0.29) is 24.1 Å². The van der Waals surface area contributed by atoms with Crippen molar-refractivity contribution in [3.8, 4) is 5.75 Å². The number of likely N-dealkylation sites (tertiary alicyclic amines) is 1. The van der Waals surface area contributed by atoms with Gasteiger partial charge in [0.2, 0.25) is 0 Å². The highest BCUT2D eigenvalue weighted by atomic mass is 35.5. The van der Waals surface area contributed by atoms with Crippen molar-refractivity contribution in [3.05, 3.63) is 59.1 Å². The molecule has 176 valence electrons. The Balaban J connectivity index is 1.42. The summed E-state index contributed by atoms with van der Waals surface area (Å²) in [6.45, 7) is 6.12. The number of para-hydroxylation sites is 1. The normalized spacial score (nSPS) is 21.0. The molecular weight excluding hydrogens is 442 g/mol. The molecule has 2 aliphatic rings. The number of hydrogen-bond acceptors (Lipinski definition) is 5. The number of nitrogens with one attached hydrogen (secondary N) is 1. The van der Waals surface area contributed by atoms with Gasteiger partial charge in [-0.25, -0.2) is 4.79 Å². The fourth-order valence-electron chi connectivity index (χ4n) is 4.40. The number of anilines is 1. The molecule has 0 radical (unpaired) electrons. The van der Waals surface area contributed by atoms with Gasteiger partial charge in [-0.2, -0.15) is 0 Å². The van der Waals surface area contributed by atoms with Gasteiger partial charge in [0, 0.05) is 36.4 Å². The van der Waals surface area contributed by atoms with Crippen LogP contribution >= 0.6 is 11.6 Å². The number of β-lactam (4-membered cyclic amide) rings is 1. The predicted molar refractivity (Wildman–Crippen MR) is 128 cm³/mol. The molecule has 2 amide bonds. The van der Waals surface area contributed by atoms with Crippen LogP contribution in [0.1, 0.15) is 25.3 Å². The van der Waals surface area contributed by atoms with Crippen molar-refractivity contribution in [2.45, 2.75) is 44.9 Å². The van der Waals surface area contributed by atoms with Crippen LogP contribution in [-0.4, -0.2) is 61.3 Å². The van der Waals surface area contributed by atoms with Crippen LogP contribution in [0.25, 0.3) is 0 Å². The lowest BCUT2D eigenvalue weighted by molar-refractivity contribution is -0.134. The van der Waals surface area contributed by atoms with Gasteiger partial charge in [-0.15, -0.1) is 0 Å².